The molecule has 12 N–H and O–H groups in total. The second kappa shape index (κ2) is 12.3. The molecule has 0 aliphatic rings. The van der Waals surface area contributed by atoms with Gasteiger partial charge in [0, 0.05) is 0 Å². The molecular formula is C15H26N6O9. The molecule has 0 saturated heterocycles. The zero-order valence-electron chi connectivity index (χ0n) is 16.0. The number of nitrogens with one attached hydrogen (secondary N) is 3. The van der Waals surface area contributed by atoms with Crippen molar-refractivity contribution in [2.45, 2.75) is 50.0 Å². The minimum atomic E-state index is -1.73. The number of amides is 5. The van der Waals surface area contributed by atoms with Crippen LogP contribution in [0.2, 0.25) is 0 Å². The van der Waals surface area contributed by atoms with Crippen LogP contribution in [-0.4, -0.2) is 87.7 Å². The van der Waals surface area contributed by atoms with Crippen molar-refractivity contribution in [2.24, 2.45) is 17.2 Å². The van der Waals surface area contributed by atoms with E-state index in [1.54, 1.807) is 0 Å². The lowest BCUT2D eigenvalue weighted by atomic mass is 10.1. The van der Waals surface area contributed by atoms with Crippen LogP contribution in [0.25, 0.3) is 0 Å². The predicted octanol–water partition coefficient (Wildman–Crippen LogP) is -6.02. The van der Waals surface area contributed by atoms with E-state index in [4.69, 9.17) is 22.3 Å². The molecule has 170 valence electrons. The van der Waals surface area contributed by atoms with Gasteiger partial charge >= 0.3 is 5.97 Å². The van der Waals surface area contributed by atoms with Gasteiger partial charge in [-0.15, -0.1) is 0 Å². The van der Waals surface area contributed by atoms with Gasteiger partial charge in [0.25, 0.3) is 0 Å². The van der Waals surface area contributed by atoms with Crippen molar-refractivity contribution < 1.29 is 44.1 Å². The molecule has 0 saturated carbocycles. The van der Waals surface area contributed by atoms with E-state index in [9.17, 15) is 39.0 Å². The number of carboxylic acid groups (broad SMARTS) is 1. The summed E-state index contributed by atoms with van der Waals surface area (Å²) in [5.41, 5.74) is 15.4. The van der Waals surface area contributed by atoms with Crippen LogP contribution >= 0.6 is 0 Å². The molecular weight excluding hydrogens is 408 g/mol. The first kappa shape index (κ1) is 26.7. The average Bonchev–Trinajstić information content (AvgIpc) is 2.61. The first-order valence-electron chi connectivity index (χ1n) is 8.55. The van der Waals surface area contributed by atoms with Crippen molar-refractivity contribution >= 4 is 35.5 Å². The van der Waals surface area contributed by atoms with Crippen LogP contribution in [0.4, 0.5) is 0 Å². The van der Waals surface area contributed by atoms with Crippen molar-refractivity contribution in [1.82, 2.24) is 16.0 Å². The molecule has 0 fully saturated rings. The highest BCUT2D eigenvalue weighted by molar-refractivity contribution is 5.96. The minimum Gasteiger partial charge on any atom is -0.480 e. The van der Waals surface area contributed by atoms with Crippen LogP contribution in [0.3, 0.4) is 0 Å². The largest absolute Gasteiger partial charge is 0.480 e. The highest BCUT2D eigenvalue weighted by Gasteiger charge is 2.32. The lowest BCUT2D eigenvalue weighted by Gasteiger charge is -2.24. The molecule has 0 rings (SSSR count). The first-order chi connectivity index (χ1) is 13.8. The van der Waals surface area contributed by atoms with E-state index in [1.165, 1.54) is 0 Å². The van der Waals surface area contributed by atoms with Gasteiger partial charge in [-0.05, 0) is 6.92 Å². The van der Waals surface area contributed by atoms with Gasteiger partial charge in [0.1, 0.15) is 12.1 Å². The second-order valence-electron chi connectivity index (χ2n) is 6.32. The Labute approximate surface area is 170 Å². The Morgan fingerprint density at radius 2 is 1.30 bits per heavy atom. The van der Waals surface area contributed by atoms with Crippen LogP contribution in [0.5, 0.6) is 0 Å². The van der Waals surface area contributed by atoms with E-state index < -0.39 is 85.2 Å². The Kier molecular flexibility index (Phi) is 10.9. The summed E-state index contributed by atoms with van der Waals surface area (Å²) < 4.78 is 0. The van der Waals surface area contributed by atoms with Crippen molar-refractivity contribution in [1.29, 1.82) is 0 Å². The van der Waals surface area contributed by atoms with Crippen LogP contribution in [0.15, 0.2) is 0 Å². The summed E-state index contributed by atoms with van der Waals surface area (Å²) >= 11 is 0. The Hall–Kier alpha value is -3.30. The quantitative estimate of drug-likeness (QED) is 0.132. The number of hydrogen-bond donors (Lipinski definition) is 9. The number of carbonyl (C=O) groups is 6. The van der Waals surface area contributed by atoms with Gasteiger partial charge < -0.3 is 48.5 Å². The Morgan fingerprint density at radius 3 is 1.70 bits per heavy atom. The fourth-order valence-electron chi connectivity index (χ4n) is 2.11. The molecule has 15 nitrogen and oxygen atoms in total. The standard InChI is InChI=1S/C15H26N6O9/c1-5(23)11(15(29)30)21-14(28)8(4-22)20-13(27)7(3-10(18)25)19-12(26)6(16)2-9(17)24/h5-8,11,22-23H,2-4,16H2,1H3,(H2,17,24)(H2,18,25)(H,19,26)(H,20,27)(H,21,28)(H,29,30). The SMILES string of the molecule is CC(O)C(NC(=O)C(CO)NC(=O)C(CC(N)=O)NC(=O)C(N)CC(N)=O)C(=O)O. The van der Waals surface area contributed by atoms with Gasteiger partial charge in [0.05, 0.1) is 31.6 Å². The smallest absolute Gasteiger partial charge is 0.328 e. The number of hydrogen-bond acceptors (Lipinski definition) is 9. The number of aliphatic hydroxyl groups excluding tert-OH is 2. The average molecular weight is 434 g/mol. The van der Waals surface area contributed by atoms with Gasteiger partial charge in [-0.25, -0.2) is 4.79 Å². The number of nitrogens with two attached hydrogens (primary N) is 3. The summed E-state index contributed by atoms with van der Waals surface area (Å²) in [4.78, 5) is 69.5. The van der Waals surface area contributed by atoms with Crippen LogP contribution < -0.4 is 33.2 Å². The number of carbonyl (C=O) groups excluding carboxylic acids is 5. The predicted molar refractivity (Wildman–Crippen MR) is 97.8 cm³/mol. The summed E-state index contributed by atoms with van der Waals surface area (Å²) in [5.74, 6) is -6.77. The van der Waals surface area contributed by atoms with Crippen LogP contribution in [-0.2, 0) is 28.8 Å². The number of aliphatic hydroxyl groups is 2. The lowest BCUT2D eigenvalue weighted by Crippen LogP contribution is -2.59. The molecule has 15 heteroatoms. The first-order valence-corrected chi connectivity index (χ1v) is 8.55. The maximum Gasteiger partial charge on any atom is 0.328 e. The van der Waals surface area contributed by atoms with Gasteiger partial charge in [-0.3, -0.25) is 24.0 Å². The minimum absolute atomic E-state index is 0.547. The van der Waals surface area contributed by atoms with Crippen molar-refractivity contribution in [3.8, 4) is 0 Å². The molecule has 0 aromatic carbocycles. The van der Waals surface area contributed by atoms with E-state index in [2.05, 4.69) is 5.32 Å². The van der Waals surface area contributed by atoms with Crippen LogP contribution in [0.1, 0.15) is 19.8 Å². The third-order valence-corrected chi connectivity index (χ3v) is 3.66. The summed E-state index contributed by atoms with van der Waals surface area (Å²) in [7, 11) is 0. The zero-order valence-corrected chi connectivity index (χ0v) is 16.0. The number of aliphatic carboxylic acids is 1. The fourth-order valence-corrected chi connectivity index (χ4v) is 2.11. The van der Waals surface area contributed by atoms with E-state index in [0.717, 1.165) is 6.92 Å². The summed E-state index contributed by atoms with van der Waals surface area (Å²) in [6.45, 7) is 0.113. The number of primary amides is 2. The molecule has 0 heterocycles. The third kappa shape index (κ3) is 9.26. The molecule has 5 unspecified atom stereocenters. The molecule has 5 atom stereocenters. The summed E-state index contributed by atoms with van der Waals surface area (Å²) in [6.07, 6.45) is -2.75. The molecule has 30 heavy (non-hydrogen) atoms. The molecule has 0 radical (unpaired) electrons. The van der Waals surface area contributed by atoms with E-state index in [-0.39, 0.29) is 0 Å². The highest BCUT2D eigenvalue weighted by Crippen LogP contribution is 1.99. The normalized spacial score (nSPS) is 15.6. The summed E-state index contributed by atoms with van der Waals surface area (Å²) in [6, 6.07) is -6.46. The van der Waals surface area contributed by atoms with E-state index in [0.29, 0.717) is 0 Å². The topological polar surface area (TPSA) is 277 Å². The van der Waals surface area contributed by atoms with Gasteiger partial charge in [-0.2, -0.15) is 0 Å². The van der Waals surface area contributed by atoms with Crippen molar-refractivity contribution in [2.75, 3.05) is 6.61 Å². The molecule has 0 aromatic rings. The molecule has 0 aliphatic heterocycles. The van der Waals surface area contributed by atoms with Gasteiger partial charge in [-0.1, -0.05) is 0 Å². The molecule has 0 aliphatic carbocycles. The number of rotatable bonds is 13. The molecule has 0 spiro atoms. The van der Waals surface area contributed by atoms with Crippen LogP contribution in [0, 0.1) is 0 Å². The Balaban J connectivity index is 5.27. The molecule has 0 bridgehead atoms. The van der Waals surface area contributed by atoms with Crippen molar-refractivity contribution in [3.63, 3.8) is 0 Å². The van der Waals surface area contributed by atoms with Gasteiger partial charge in [0.15, 0.2) is 6.04 Å². The van der Waals surface area contributed by atoms with E-state index >= 15 is 0 Å². The zero-order chi connectivity index (χ0) is 23.6. The van der Waals surface area contributed by atoms with Gasteiger partial charge in [0.2, 0.25) is 29.5 Å². The molecule has 0 aromatic heterocycles. The van der Waals surface area contributed by atoms with Crippen molar-refractivity contribution in [3.05, 3.63) is 0 Å². The third-order valence-electron chi connectivity index (χ3n) is 3.66. The van der Waals surface area contributed by atoms with E-state index in [1.807, 2.05) is 10.6 Å². The maximum atomic E-state index is 12.4. The number of carboxylic acids is 1. The fraction of sp³-hybridized carbons (Fsp3) is 0.600. The summed E-state index contributed by atoms with van der Waals surface area (Å²) in [5, 5.41) is 33.7. The second-order valence-corrected chi connectivity index (χ2v) is 6.32. The highest BCUT2D eigenvalue weighted by atomic mass is 16.4. The monoisotopic (exact) mass is 434 g/mol. The molecule has 5 amide bonds. The Morgan fingerprint density at radius 1 is 0.833 bits per heavy atom. The lowest BCUT2D eigenvalue weighted by molar-refractivity contribution is -0.145. The Bertz CT molecular complexity index is 684. The maximum absolute atomic E-state index is 12.4.